The second-order valence-electron chi connectivity index (χ2n) is 1.62. The van der Waals surface area contributed by atoms with E-state index in [4.69, 9.17) is 18.0 Å². The van der Waals surface area contributed by atoms with Crippen LogP contribution in [0.3, 0.4) is 0 Å². The highest BCUT2D eigenvalue weighted by atomic mass is 35.5. The van der Waals surface area contributed by atoms with Gasteiger partial charge < -0.3 is 10.6 Å². The summed E-state index contributed by atoms with van der Waals surface area (Å²) in [7, 11) is 0. The topological polar surface area (TPSA) is 41.6 Å². The third kappa shape index (κ3) is 2.33. The number of halogens is 1. The lowest BCUT2D eigenvalue weighted by Gasteiger charge is -2.16. The molecule has 5 heteroatoms. The van der Waals surface area contributed by atoms with E-state index in [1.54, 1.807) is 23.4 Å². The van der Waals surface area contributed by atoms with Gasteiger partial charge in [-0.1, -0.05) is 0 Å². The van der Waals surface area contributed by atoms with Crippen molar-refractivity contribution in [2.24, 2.45) is 10.7 Å². The quantitative estimate of drug-likeness (QED) is 0.549. The zero-order chi connectivity index (χ0) is 6.69. The third-order valence-corrected chi connectivity index (χ3v) is 1.21. The number of rotatable bonds is 0. The Morgan fingerprint density at radius 2 is 2.40 bits per heavy atom. The van der Waals surface area contributed by atoms with Gasteiger partial charge in [0.25, 0.3) is 0 Å². The first kappa shape index (κ1) is 9.39. The van der Waals surface area contributed by atoms with Gasteiger partial charge in [-0.3, -0.25) is 4.99 Å². The maximum absolute atomic E-state index is 5.30. The summed E-state index contributed by atoms with van der Waals surface area (Å²) in [4.78, 5) is 5.62. The molecule has 56 valence electrons. The highest BCUT2D eigenvalue weighted by Gasteiger charge is 2.00. The number of nitrogens with zero attached hydrogens (tertiary/aromatic N) is 2. The molecule has 3 nitrogen and oxygen atoms in total. The lowest BCUT2D eigenvalue weighted by molar-refractivity contribution is 0.576. The molecule has 0 aliphatic carbocycles. The van der Waals surface area contributed by atoms with Crippen LogP contribution in [-0.4, -0.2) is 22.9 Å². The van der Waals surface area contributed by atoms with Crippen molar-refractivity contribution in [3.63, 3.8) is 0 Å². The van der Waals surface area contributed by atoms with E-state index in [0.29, 0.717) is 11.8 Å². The molecule has 0 saturated heterocycles. The molecule has 1 heterocycles. The molecule has 10 heavy (non-hydrogen) atoms. The Labute approximate surface area is 71.0 Å². The fourth-order valence-corrected chi connectivity index (χ4v) is 0.647. The highest BCUT2D eigenvalue weighted by molar-refractivity contribution is 7.80. The van der Waals surface area contributed by atoms with E-state index < -0.39 is 0 Å². The van der Waals surface area contributed by atoms with Crippen molar-refractivity contribution in [3.8, 4) is 0 Å². The van der Waals surface area contributed by atoms with Crippen molar-refractivity contribution >= 4 is 36.0 Å². The standard InChI is InChI=1S/C5H7N3S.ClH/c6-5(9)8-3-1-2-7-4-8;/h1-3H,4H2,(H2,6,9);1H. The van der Waals surface area contributed by atoms with Crippen LogP contribution in [0.5, 0.6) is 0 Å². The number of hydrogen-bond acceptors (Lipinski definition) is 2. The smallest absolute Gasteiger partial charge is 0.171 e. The fourth-order valence-electron chi connectivity index (χ4n) is 0.529. The van der Waals surface area contributed by atoms with Crippen LogP contribution in [0, 0.1) is 0 Å². The Morgan fingerprint density at radius 3 is 2.70 bits per heavy atom. The molecule has 1 aliphatic heterocycles. The Balaban J connectivity index is 0.000000810. The van der Waals surface area contributed by atoms with Gasteiger partial charge in [0.2, 0.25) is 0 Å². The van der Waals surface area contributed by atoms with E-state index in [1.165, 1.54) is 0 Å². The van der Waals surface area contributed by atoms with Crippen LogP contribution < -0.4 is 5.73 Å². The maximum atomic E-state index is 5.30. The van der Waals surface area contributed by atoms with Gasteiger partial charge in [0.15, 0.2) is 5.11 Å². The minimum atomic E-state index is 0. The molecule has 2 N–H and O–H groups in total. The largest absolute Gasteiger partial charge is 0.376 e. The third-order valence-electron chi connectivity index (χ3n) is 0.975. The summed E-state index contributed by atoms with van der Waals surface area (Å²) in [6.07, 6.45) is 5.31. The van der Waals surface area contributed by atoms with Gasteiger partial charge >= 0.3 is 0 Å². The number of hydrogen-bond donors (Lipinski definition) is 1. The fraction of sp³-hybridized carbons (Fsp3) is 0.200. The molecule has 0 fully saturated rings. The first-order valence-corrected chi connectivity index (χ1v) is 2.94. The summed E-state index contributed by atoms with van der Waals surface area (Å²) in [5.74, 6) is 0. The Kier molecular flexibility index (Phi) is 3.99. The second kappa shape index (κ2) is 4.24. The van der Waals surface area contributed by atoms with Gasteiger partial charge in [-0.05, 0) is 18.3 Å². The molecule has 1 aliphatic rings. The first-order valence-electron chi connectivity index (χ1n) is 2.53. The van der Waals surface area contributed by atoms with Gasteiger partial charge in [0.05, 0.1) is 0 Å². The number of nitrogens with two attached hydrogens (primary N) is 1. The van der Waals surface area contributed by atoms with Crippen LogP contribution in [0.2, 0.25) is 0 Å². The summed E-state index contributed by atoms with van der Waals surface area (Å²) >= 11 is 4.69. The van der Waals surface area contributed by atoms with Crippen molar-refractivity contribution in [1.82, 2.24) is 4.90 Å². The van der Waals surface area contributed by atoms with Crippen molar-refractivity contribution in [1.29, 1.82) is 0 Å². The van der Waals surface area contributed by atoms with E-state index in [9.17, 15) is 0 Å². The van der Waals surface area contributed by atoms with Crippen molar-refractivity contribution < 1.29 is 0 Å². The molecule has 0 aromatic heterocycles. The molecular weight excluding hydrogens is 170 g/mol. The Hall–Kier alpha value is -0.610. The summed E-state index contributed by atoms with van der Waals surface area (Å²) in [5, 5.41) is 0.364. The van der Waals surface area contributed by atoms with Gasteiger partial charge in [0.1, 0.15) is 6.67 Å². The number of aliphatic imine (C=N–C) groups is 1. The van der Waals surface area contributed by atoms with Crippen LogP contribution >= 0.6 is 24.6 Å². The zero-order valence-corrected chi connectivity index (χ0v) is 6.86. The van der Waals surface area contributed by atoms with Gasteiger partial charge in [-0.2, -0.15) is 0 Å². The molecule has 1 rings (SSSR count). The SMILES string of the molecule is Cl.NC(=S)N1C=CC=NC1. The van der Waals surface area contributed by atoms with Gasteiger partial charge in [-0.15, -0.1) is 12.4 Å². The maximum Gasteiger partial charge on any atom is 0.171 e. The molecular formula is C5H8ClN3S. The second-order valence-corrected chi connectivity index (χ2v) is 2.04. The molecule has 0 radical (unpaired) electrons. The molecule has 0 bridgehead atoms. The van der Waals surface area contributed by atoms with E-state index in [-0.39, 0.29) is 12.4 Å². The van der Waals surface area contributed by atoms with Crippen molar-refractivity contribution in [2.45, 2.75) is 0 Å². The first-order chi connectivity index (χ1) is 4.30. The molecule has 0 atom stereocenters. The molecule has 0 unspecified atom stereocenters. The molecule has 0 amide bonds. The zero-order valence-electron chi connectivity index (χ0n) is 5.23. The lowest BCUT2D eigenvalue weighted by atomic mass is 10.5. The molecule has 0 spiro atoms. The molecule has 0 aromatic carbocycles. The van der Waals surface area contributed by atoms with Crippen LogP contribution in [0.25, 0.3) is 0 Å². The van der Waals surface area contributed by atoms with Crippen molar-refractivity contribution in [3.05, 3.63) is 12.3 Å². The minimum Gasteiger partial charge on any atom is -0.376 e. The van der Waals surface area contributed by atoms with E-state index in [0.717, 1.165) is 0 Å². The summed E-state index contributed by atoms with van der Waals surface area (Å²) < 4.78 is 0. The Bertz CT molecular complexity index is 178. The monoisotopic (exact) mass is 177 g/mol. The number of allylic oxidation sites excluding steroid dienone is 1. The van der Waals surface area contributed by atoms with Crippen LogP contribution in [-0.2, 0) is 0 Å². The summed E-state index contributed by atoms with van der Waals surface area (Å²) in [5.41, 5.74) is 5.30. The lowest BCUT2D eigenvalue weighted by Crippen LogP contribution is -2.32. The molecule has 0 aromatic rings. The normalized spacial score (nSPS) is 14.6. The van der Waals surface area contributed by atoms with Crippen molar-refractivity contribution in [2.75, 3.05) is 6.67 Å². The van der Waals surface area contributed by atoms with Crippen LogP contribution in [0.1, 0.15) is 0 Å². The summed E-state index contributed by atoms with van der Waals surface area (Å²) in [6.45, 7) is 0.547. The summed E-state index contributed by atoms with van der Waals surface area (Å²) in [6, 6.07) is 0. The average Bonchev–Trinajstić information content (AvgIpc) is 1.90. The average molecular weight is 178 g/mol. The predicted molar refractivity (Wildman–Crippen MR) is 48.4 cm³/mol. The minimum absolute atomic E-state index is 0. The molecule has 0 saturated carbocycles. The van der Waals surface area contributed by atoms with Crippen LogP contribution in [0.4, 0.5) is 0 Å². The van der Waals surface area contributed by atoms with E-state index in [2.05, 4.69) is 4.99 Å². The van der Waals surface area contributed by atoms with Gasteiger partial charge in [0, 0.05) is 12.4 Å². The number of thiocarbonyl (C=S) groups is 1. The van der Waals surface area contributed by atoms with E-state index in [1.807, 2.05) is 0 Å². The van der Waals surface area contributed by atoms with E-state index >= 15 is 0 Å². The van der Waals surface area contributed by atoms with Crippen LogP contribution in [0.15, 0.2) is 17.3 Å². The van der Waals surface area contributed by atoms with Gasteiger partial charge in [-0.25, -0.2) is 0 Å². The highest BCUT2D eigenvalue weighted by Crippen LogP contribution is 1.93. The Morgan fingerprint density at radius 1 is 1.70 bits per heavy atom. The predicted octanol–water partition coefficient (Wildman–Crippen LogP) is 0.509.